The van der Waals surface area contributed by atoms with Gasteiger partial charge < -0.3 is 10.2 Å². The fraction of sp³-hybridized carbons (Fsp3) is 0.481. The number of hydrogen-bond acceptors (Lipinski definition) is 4. The van der Waals surface area contributed by atoms with Gasteiger partial charge in [-0.3, -0.25) is 13.9 Å². The first-order chi connectivity index (χ1) is 17.6. The van der Waals surface area contributed by atoms with Crippen molar-refractivity contribution in [2.45, 2.75) is 64.0 Å². The molecule has 1 aliphatic carbocycles. The van der Waals surface area contributed by atoms with Crippen molar-refractivity contribution in [1.29, 1.82) is 0 Å². The van der Waals surface area contributed by atoms with E-state index in [1.54, 1.807) is 6.92 Å². The number of carbonyl (C=O) groups is 2. The number of sulfonamides is 1. The maximum atomic E-state index is 13.9. The molecule has 1 fully saturated rings. The Labute approximate surface area is 217 Å². The number of anilines is 1. The van der Waals surface area contributed by atoms with Crippen molar-refractivity contribution in [2.75, 3.05) is 23.7 Å². The predicted molar refractivity (Wildman–Crippen MR) is 140 cm³/mol. The van der Waals surface area contributed by atoms with E-state index in [2.05, 4.69) is 5.32 Å². The third kappa shape index (κ3) is 7.99. The molecule has 1 N–H and O–H groups in total. The Balaban J connectivity index is 1.87. The summed E-state index contributed by atoms with van der Waals surface area (Å²) in [6.07, 6.45) is 6.68. The Morgan fingerprint density at radius 1 is 1.03 bits per heavy atom. The molecule has 0 unspecified atom stereocenters. The number of benzene rings is 2. The molecule has 7 nitrogen and oxygen atoms in total. The van der Waals surface area contributed by atoms with E-state index in [-0.39, 0.29) is 24.2 Å². The smallest absolute Gasteiger partial charge is 0.244 e. The minimum Gasteiger partial charge on any atom is -0.352 e. The van der Waals surface area contributed by atoms with E-state index in [4.69, 9.17) is 0 Å². The molecule has 0 saturated heterocycles. The van der Waals surface area contributed by atoms with Crippen molar-refractivity contribution < 1.29 is 26.8 Å². The fourth-order valence-corrected chi connectivity index (χ4v) is 5.54. The van der Waals surface area contributed by atoms with E-state index in [1.165, 1.54) is 4.90 Å². The largest absolute Gasteiger partial charge is 0.352 e. The Kier molecular flexibility index (Phi) is 10.0. The van der Waals surface area contributed by atoms with Crippen LogP contribution in [0, 0.1) is 11.6 Å². The van der Waals surface area contributed by atoms with E-state index in [9.17, 15) is 26.8 Å². The Hall–Kier alpha value is -3.01. The summed E-state index contributed by atoms with van der Waals surface area (Å²) in [6, 6.07) is 11.4. The predicted octanol–water partition coefficient (Wildman–Crippen LogP) is 4.03. The van der Waals surface area contributed by atoms with Gasteiger partial charge in [-0.2, -0.15) is 0 Å². The molecule has 2 aromatic rings. The van der Waals surface area contributed by atoms with Gasteiger partial charge in [-0.25, -0.2) is 17.2 Å². The summed E-state index contributed by atoms with van der Waals surface area (Å²) in [6.45, 7) is 1.35. The summed E-state index contributed by atoms with van der Waals surface area (Å²) in [7, 11) is -4.02. The normalized spacial score (nSPS) is 15.1. The summed E-state index contributed by atoms with van der Waals surface area (Å²) >= 11 is 0. The van der Waals surface area contributed by atoms with Gasteiger partial charge in [0.15, 0.2) is 11.6 Å². The van der Waals surface area contributed by atoms with Crippen LogP contribution < -0.4 is 9.62 Å². The van der Waals surface area contributed by atoms with Crippen LogP contribution >= 0.6 is 0 Å². The topological polar surface area (TPSA) is 86.8 Å². The molecule has 1 saturated carbocycles. The highest BCUT2D eigenvalue weighted by Crippen LogP contribution is 2.22. The van der Waals surface area contributed by atoms with E-state index < -0.39 is 40.2 Å². The van der Waals surface area contributed by atoms with Gasteiger partial charge in [0.05, 0.1) is 11.9 Å². The van der Waals surface area contributed by atoms with E-state index in [0.717, 1.165) is 66.4 Å². The first kappa shape index (κ1) is 28.6. The molecular weight excluding hydrogens is 500 g/mol. The highest BCUT2D eigenvalue weighted by Gasteiger charge is 2.32. The van der Waals surface area contributed by atoms with Gasteiger partial charge in [0, 0.05) is 18.7 Å². The average molecular weight is 536 g/mol. The molecule has 0 bridgehead atoms. The van der Waals surface area contributed by atoms with Crippen LogP contribution in [-0.2, 0) is 26.0 Å². The van der Waals surface area contributed by atoms with Crippen LogP contribution in [0.3, 0.4) is 0 Å². The molecule has 1 aliphatic rings. The third-order valence-electron chi connectivity index (χ3n) is 6.69. The van der Waals surface area contributed by atoms with Crippen molar-refractivity contribution >= 4 is 27.5 Å². The van der Waals surface area contributed by atoms with Crippen molar-refractivity contribution in [3.05, 3.63) is 65.7 Å². The van der Waals surface area contributed by atoms with Gasteiger partial charge in [0.2, 0.25) is 21.8 Å². The van der Waals surface area contributed by atoms with Crippen molar-refractivity contribution in [1.82, 2.24) is 10.2 Å². The molecule has 0 aromatic heterocycles. The van der Waals surface area contributed by atoms with Crippen LogP contribution in [0.1, 0.15) is 51.0 Å². The monoisotopic (exact) mass is 535 g/mol. The quantitative estimate of drug-likeness (QED) is 0.471. The van der Waals surface area contributed by atoms with Gasteiger partial charge in [0.1, 0.15) is 12.6 Å². The minimum atomic E-state index is -4.02. The summed E-state index contributed by atoms with van der Waals surface area (Å²) in [5, 5.41) is 3.08. The van der Waals surface area contributed by atoms with Gasteiger partial charge in [-0.15, -0.1) is 0 Å². The molecule has 10 heteroatoms. The molecule has 2 amide bonds. The minimum absolute atomic E-state index is 0.0519. The summed E-state index contributed by atoms with van der Waals surface area (Å²) in [5.74, 6) is -3.22. The molecule has 0 aliphatic heterocycles. The zero-order chi connectivity index (χ0) is 27.0. The highest BCUT2D eigenvalue weighted by molar-refractivity contribution is 7.92. The summed E-state index contributed by atoms with van der Waals surface area (Å²) in [4.78, 5) is 28.3. The number of hydrogen-bond donors (Lipinski definition) is 1. The number of nitrogens with one attached hydrogen (secondary N) is 1. The van der Waals surface area contributed by atoms with Gasteiger partial charge in [0.25, 0.3) is 0 Å². The molecule has 0 heterocycles. The van der Waals surface area contributed by atoms with Crippen LogP contribution in [0.15, 0.2) is 48.5 Å². The zero-order valence-electron chi connectivity index (χ0n) is 21.3. The second kappa shape index (κ2) is 13.0. The lowest BCUT2D eigenvalue weighted by Gasteiger charge is -2.34. The van der Waals surface area contributed by atoms with Crippen molar-refractivity contribution in [3.8, 4) is 0 Å². The Bertz CT molecular complexity index is 1170. The van der Waals surface area contributed by atoms with E-state index in [1.807, 2.05) is 30.3 Å². The van der Waals surface area contributed by atoms with Crippen LogP contribution in [0.5, 0.6) is 0 Å². The number of nitrogens with zero attached hydrogens (tertiary/aromatic N) is 2. The van der Waals surface area contributed by atoms with Crippen LogP contribution in [-0.4, -0.2) is 56.6 Å². The standard InChI is InChI=1S/C27H35F2N3O4S/c1-3-25(27(34)30-21-12-8-5-9-13-21)31(17-16-20-10-6-4-7-11-20)26(33)19-32(37(2,35)36)22-14-15-23(28)24(29)18-22/h4,6-7,10-11,14-15,18,21,25H,3,5,8-9,12-13,16-17,19H2,1-2H3,(H,30,34)/t25-/m0/s1. The van der Waals surface area contributed by atoms with Crippen LogP contribution in [0.2, 0.25) is 0 Å². The molecule has 202 valence electrons. The lowest BCUT2D eigenvalue weighted by atomic mass is 9.95. The van der Waals surface area contributed by atoms with Gasteiger partial charge in [-0.05, 0) is 43.4 Å². The first-order valence-electron chi connectivity index (χ1n) is 12.7. The van der Waals surface area contributed by atoms with E-state index >= 15 is 0 Å². The first-order valence-corrected chi connectivity index (χ1v) is 14.5. The lowest BCUT2D eigenvalue weighted by molar-refractivity contribution is -0.140. The molecule has 1 atom stereocenters. The fourth-order valence-electron chi connectivity index (χ4n) is 4.69. The zero-order valence-corrected chi connectivity index (χ0v) is 22.1. The van der Waals surface area contributed by atoms with Gasteiger partial charge in [-0.1, -0.05) is 56.5 Å². The second-order valence-corrected chi connectivity index (χ2v) is 11.4. The van der Waals surface area contributed by atoms with Crippen LogP contribution in [0.4, 0.5) is 14.5 Å². The number of amides is 2. The SMILES string of the molecule is CC[C@@H](C(=O)NC1CCCCC1)N(CCc1ccccc1)C(=O)CN(c1ccc(F)c(F)c1)S(C)(=O)=O. The molecular formula is C27H35F2N3O4S. The summed E-state index contributed by atoms with van der Waals surface area (Å²) in [5.41, 5.74) is 0.792. The van der Waals surface area contributed by atoms with Crippen molar-refractivity contribution in [3.63, 3.8) is 0 Å². The average Bonchev–Trinajstić information content (AvgIpc) is 2.87. The molecule has 0 radical (unpaired) electrons. The number of rotatable bonds is 11. The Morgan fingerprint density at radius 3 is 2.30 bits per heavy atom. The van der Waals surface area contributed by atoms with Crippen molar-refractivity contribution in [2.24, 2.45) is 0 Å². The Morgan fingerprint density at radius 2 is 1.70 bits per heavy atom. The number of halogens is 2. The molecule has 37 heavy (non-hydrogen) atoms. The summed E-state index contributed by atoms with van der Waals surface area (Å²) < 4.78 is 53.2. The molecule has 0 spiro atoms. The lowest BCUT2D eigenvalue weighted by Crippen LogP contribution is -2.54. The van der Waals surface area contributed by atoms with Gasteiger partial charge >= 0.3 is 0 Å². The number of carbonyl (C=O) groups excluding carboxylic acids is 2. The highest BCUT2D eigenvalue weighted by atomic mass is 32.2. The third-order valence-corrected chi connectivity index (χ3v) is 7.83. The van der Waals surface area contributed by atoms with Crippen LogP contribution in [0.25, 0.3) is 0 Å². The molecule has 2 aromatic carbocycles. The second-order valence-electron chi connectivity index (χ2n) is 9.46. The maximum Gasteiger partial charge on any atom is 0.244 e. The van der Waals surface area contributed by atoms with E-state index in [0.29, 0.717) is 12.8 Å². The molecule has 3 rings (SSSR count). The maximum absolute atomic E-state index is 13.9.